The van der Waals surface area contributed by atoms with E-state index in [9.17, 15) is 4.79 Å². The SMILES string of the molecule is C[CH]C1(C(=O)OCC)CCCCC1. The van der Waals surface area contributed by atoms with E-state index in [1.807, 2.05) is 20.3 Å². The first kappa shape index (κ1) is 10.6. The summed E-state index contributed by atoms with van der Waals surface area (Å²) in [5, 5.41) is 0. The standard InChI is InChI=1S/C11H19O2/c1-3-11(10(12)13-4-2)8-6-5-7-9-11/h3H,4-9H2,1-2H3. The molecule has 0 N–H and O–H groups in total. The summed E-state index contributed by atoms with van der Waals surface area (Å²) < 4.78 is 5.11. The van der Waals surface area contributed by atoms with Crippen LogP contribution in [0.4, 0.5) is 0 Å². The van der Waals surface area contributed by atoms with Crippen molar-refractivity contribution in [1.29, 1.82) is 0 Å². The summed E-state index contributed by atoms with van der Waals surface area (Å²) in [4.78, 5) is 11.7. The summed E-state index contributed by atoms with van der Waals surface area (Å²) in [6, 6.07) is 0. The highest BCUT2D eigenvalue weighted by Gasteiger charge is 2.39. The Morgan fingerprint density at radius 3 is 2.46 bits per heavy atom. The molecule has 0 amide bonds. The van der Waals surface area contributed by atoms with Crippen molar-refractivity contribution < 1.29 is 9.53 Å². The minimum Gasteiger partial charge on any atom is -0.466 e. The number of hydrogen-bond donors (Lipinski definition) is 0. The molecule has 2 heteroatoms. The number of hydrogen-bond acceptors (Lipinski definition) is 2. The first-order chi connectivity index (χ1) is 6.25. The van der Waals surface area contributed by atoms with Gasteiger partial charge in [-0.05, 0) is 26.2 Å². The number of rotatable bonds is 3. The fourth-order valence-electron chi connectivity index (χ4n) is 2.07. The summed E-state index contributed by atoms with van der Waals surface area (Å²) in [5.74, 6) is -0.0165. The number of carbonyl (C=O) groups is 1. The minimum atomic E-state index is -0.256. The molecule has 0 bridgehead atoms. The maximum atomic E-state index is 11.7. The van der Waals surface area contributed by atoms with Crippen LogP contribution in [0.2, 0.25) is 0 Å². The Kier molecular flexibility index (Phi) is 3.76. The van der Waals surface area contributed by atoms with E-state index in [4.69, 9.17) is 4.74 Å². The molecule has 13 heavy (non-hydrogen) atoms. The lowest BCUT2D eigenvalue weighted by Gasteiger charge is -2.33. The molecule has 0 aromatic rings. The molecular weight excluding hydrogens is 164 g/mol. The zero-order chi connectivity index (χ0) is 9.73. The molecule has 0 aromatic heterocycles. The lowest BCUT2D eigenvalue weighted by molar-refractivity contribution is -0.155. The number of esters is 1. The van der Waals surface area contributed by atoms with Crippen LogP contribution in [0.15, 0.2) is 0 Å². The van der Waals surface area contributed by atoms with Gasteiger partial charge in [-0.15, -0.1) is 0 Å². The van der Waals surface area contributed by atoms with E-state index in [1.165, 1.54) is 6.42 Å². The molecule has 2 nitrogen and oxygen atoms in total. The van der Waals surface area contributed by atoms with Crippen LogP contribution in [-0.2, 0) is 9.53 Å². The fourth-order valence-corrected chi connectivity index (χ4v) is 2.07. The van der Waals surface area contributed by atoms with Crippen LogP contribution in [0, 0.1) is 11.8 Å². The summed E-state index contributed by atoms with van der Waals surface area (Å²) in [7, 11) is 0. The first-order valence-electron chi connectivity index (χ1n) is 5.23. The molecule has 0 aromatic carbocycles. The molecular formula is C11H19O2. The average Bonchev–Trinajstić information content (AvgIpc) is 2.19. The Balaban J connectivity index is 2.61. The average molecular weight is 183 g/mol. The second kappa shape index (κ2) is 4.64. The molecule has 0 atom stereocenters. The highest BCUT2D eigenvalue weighted by atomic mass is 16.5. The van der Waals surface area contributed by atoms with Crippen molar-refractivity contribution in [3.8, 4) is 0 Å². The Hall–Kier alpha value is -0.530. The van der Waals surface area contributed by atoms with E-state index in [-0.39, 0.29) is 11.4 Å². The summed E-state index contributed by atoms with van der Waals surface area (Å²) in [5.41, 5.74) is -0.256. The van der Waals surface area contributed by atoms with Gasteiger partial charge in [-0.25, -0.2) is 0 Å². The molecule has 1 fully saturated rings. The van der Waals surface area contributed by atoms with Crippen molar-refractivity contribution in [2.75, 3.05) is 6.61 Å². The van der Waals surface area contributed by atoms with Crippen molar-refractivity contribution in [2.45, 2.75) is 46.0 Å². The normalized spacial score (nSPS) is 21.1. The molecule has 1 radical (unpaired) electrons. The van der Waals surface area contributed by atoms with E-state index in [0.717, 1.165) is 25.7 Å². The van der Waals surface area contributed by atoms with Gasteiger partial charge < -0.3 is 4.74 Å². The largest absolute Gasteiger partial charge is 0.466 e. The summed E-state index contributed by atoms with van der Waals surface area (Å²) in [6.45, 7) is 4.33. The van der Waals surface area contributed by atoms with E-state index >= 15 is 0 Å². The van der Waals surface area contributed by atoms with E-state index in [1.54, 1.807) is 0 Å². The Morgan fingerprint density at radius 2 is 2.00 bits per heavy atom. The van der Waals surface area contributed by atoms with Crippen molar-refractivity contribution >= 4 is 5.97 Å². The maximum absolute atomic E-state index is 11.7. The van der Waals surface area contributed by atoms with Crippen LogP contribution in [0.5, 0.6) is 0 Å². The molecule has 1 rings (SSSR count). The van der Waals surface area contributed by atoms with Gasteiger partial charge in [-0.1, -0.05) is 26.2 Å². The molecule has 0 saturated heterocycles. The van der Waals surface area contributed by atoms with Crippen LogP contribution in [0.1, 0.15) is 46.0 Å². The van der Waals surface area contributed by atoms with Gasteiger partial charge in [0, 0.05) is 0 Å². The van der Waals surface area contributed by atoms with Crippen molar-refractivity contribution in [3.63, 3.8) is 0 Å². The third-order valence-corrected chi connectivity index (χ3v) is 2.98. The summed E-state index contributed by atoms with van der Waals surface area (Å²) >= 11 is 0. The molecule has 1 aliphatic rings. The van der Waals surface area contributed by atoms with Crippen molar-refractivity contribution in [1.82, 2.24) is 0 Å². The third kappa shape index (κ3) is 2.23. The highest BCUT2D eigenvalue weighted by Crippen LogP contribution is 2.39. The predicted molar refractivity (Wildman–Crippen MR) is 52.1 cm³/mol. The predicted octanol–water partition coefficient (Wildman–Crippen LogP) is 2.72. The van der Waals surface area contributed by atoms with Gasteiger partial charge in [0.05, 0.1) is 12.0 Å². The number of carbonyl (C=O) groups excluding carboxylic acids is 1. The molecule has 75 valence electrons. The topological polar surface area (TPSA) is 26.3 Å². The zero-order valence-electron chi connectivity index (χ0n) is 8.64. The lowest BCUT2D eigenvalue weighted by atomic mass is 9.72. The molecule has 0 aliphatic heterocycles. The van der Waals surface area contributed by atoms with Gasteiger partial charge in [0.25, 0.3) is 0 Å². The van der Waals surface area contributed by atoms with Crippen LogP contribution in [0.3, 0.4) is 0 Å². The lowest BCUT2D eigenvalue weighted by Crippen LogP contribution is -2.34. The quantitative estimate of drug-likeness (QED) is 0.629. The molecule has 1 saturated carbocycles. The second-order valence-corrected chi connectivity index (χ2v) is 3.73. The van der Waals surface area contributed by atoms with Crippen LogP contribution in [-0.4, -0.2) is 12.6 Å². The first-order valence-corrected chi connectivity index (χ1v) is 5.23. The van der Waals surface area contributed by atoms with Gasteiger partial charge in [0.1, 0.15) is 0 Å². The van der Waals surface area contributed by atoms with E-state index in [0.29, 0.717) is 6.61 Å². The Bertz CT molecular complexity index is 169. The molecule has 0 unspecified atom stereocenters. The van der Waals surface area contributed by atoms with E-state index < -0.39 is 0 Å². The third-order valence-electron chi connectivity index (χ3n) is 2.98. The van der Waals surface area contributed by atoms with Gasteiger partial charge in [-0.2, -0.15) is 0 Å². The fraction of sp³-hybridized carbons (Fsp3) is 0.818. The van der Waals surface area contributed by atoms with Crippen LogP contribution in [0.25, 0.3) is 0 Å². The van der Waals surface area contributed by atoms with Crippen LogP contribution >= 0.6 is 0 Å². The van der Waals surface area contributed by atoms with Gasteiger partial charge in [0.2, 0.25) is 0 Å². The monoisotopic (exact) mass is 183 g/mol. The van der Waals surface area contributed by atoms with E-state index in [2.05, 4.69) is 0 Å². The van der Waals surface area contributed by atoms with Gasteiger partial charge >= 0.3 is 5.97 Å². The van der Waals surface area contributed by atoms with Gasteiger partial charge in [0.15, 0.2) is 0 Å². The smallest absolute Gasteiger partial charge is 0.312 e. The zero-order valence-corrected chi connectivity index (χ0v) is 8.64. The minimum absolute atomic E-state index is 0.0165. The molecule has 1 aliphatic carbocycles. The van der Waals surface area contributed by atoms with Crippen molar-refractivity contribution in [2.24, 2.45) is 5.41 Å². The molecule has 0 heterocycles. The highest BCUT2D eigenvalue weighted by molar-refractivity contribution is 5.78. The second-order valence-electron chi connectivity index (χ2n) is 3.73. The Labute approximate surface area is 80.7 Å². The van der Waals surface area contributed by atoms with Gasteiger partial charge in [-0.3, -0.25) is 4.79 Å². The Morgan fingerprint density at radius 1 is 1.38 bits per heavy atom. The summed E-state index contributed by atoms with van der Waals surface area (Å²) in [6.07, 6.45) is 7.55. The number of ether oxygens (including phenoxy) is 1. The maximum Gasteiger partial charge on any atom is 0.312 e. The van der Waals surface area contributed by atoms with Crippen LogP contribution < -0.4 is 0 Å². The van der Waals surface area contributed by atoms with Crippen molar-refractivity contribution in [3.05, 3.63) is 6.42 Å². The molecule has 0 spiro atoms.